The normalized spacial score (nSPS) is 27.5. The SMILES string of the molecule is CSCC(C)N(C)C(=O)C1CCNC(C)C1. The lowest BCUT2D eigenvalue weighted by molar-refractivity contribution is -0.136. The Morgan fingerprint density at radius 3 is 2.88 bits per heavy atom. The van der Waals surface area contributed by atoms with Crippen LogP contribution in [0.2, 0.25) is 0 Å². The summed E-state index contributed by atoms with van der Waals surface area (Å²) in [5, 5.41) is 3.39. The van der Waals surface area contributed by atoms with Crippen LogP contribution in [-0.2, 0) is 4.79 Å². The van der Waals surface area contributed by atoms with Crippen LogP contribution < -0.4 is 5.32 Å². The first kappa shape index (κ1) is 13.8. The molecule has 16 heavy (non-hydrogen) atoms. The van der Waals surface area contributed by atoms with E-state index in [2.05, 4.69) is 25.4 Å². The summed E-state index contributed by atoms with van der Waals surface area (Å²) in [6, 6.07) is 0.819. The minimum Gasteiger partial charge on any atom is -0.342 e. The molecular formula is C12H24N2OS. The van der Waals surface area contributed by atoms with Crippen molar-refractivity contribution in [3.8, 4) is 0 Å². The Balaban J connectivity index is 2.48. The van der Waals surface area contributed by atoms with E-state index in [-0.39, 0.29) is 5.92 Å². The van der Waals surface area contributed by atoms with Gasteiger partial charge in [-0.25, -0.2) is 0 Å². The van der Waals surface area contributed by atoms with Gasteiger partial charge in [0.25, 0.3) is 0 Å². The van der Waals surface area contributed by atoms with Crippen LogP contribution in [0.25, 0.3) is 0 Å². The number of hydrogen-bond acceptors (Lipinski definition) is 3. The molecule has 1 N–H and O–H groups in total. The summed E-state index contributed by atoms with van der Waals surface area (Å²) < 4.78 is 0. The molecular weight excluding hydrogens is 220 g/mol. The summed E-state index contributed by atoms with van der Waals surface area (Å²) in [4.78, 5) is 14.2. The van der Waals surface area contributed by atoms with Gasteiger partial charge in [-0.05, 0) is 39.5 Å². The van der Waals surface area contributed by atoms with E-state index >= 15 is 0 Å². The van der Waals surface area contributed by atoms with Gasteiger partial charge in [-0.3, -0.25) is 4.79 Å². The number of rotatable bonds is 4. The monoisotopic (exact) mass is 244 g/mol. The number of nitrogens with one attached hydrogen (secondary N) is 1. The molecule has 0 bridgehead atoms. The third-order valence-corrected chi connectivity index (χ3v) is 4.21. The third-order valence-electron chi connectivity index (χ3n) is 3.39. The van der Waals surface area contributed by atoms with Crippen molar-refractivity contribution in [2.75, 3.05) is 25.6 Å². The highest BCUT2D eigenvalue weighted by molar-refractivity contribution is 7.98. The number of amides is 1. The van der Waals surface area contributed by atoms with Crippen molar-refractivity contribution < 1.29 is 4.79 Å². The molecule has 1 rings (SSSR count). The predicted molar refractivity (Wildman–Crippen MR) is 70.8 cm³/mol. The smallest absolute Gasteiger partial charge is 0.225 e. The lowest BCUT2D eigenvalue weighted by atomic mass is 9.92. The minimum atomic E-state index is 0.227. The number of hydrogen-bond donors (Lipinski definition) is 1. The molecule has 1 aliphatic heterocycles. The lowest BCUT2D eigenvalue weighted by Gasteiger charge is -2.33. The van der Waals surface area contributed by atoms with Crippen LogP contribution in [-0.4, -0.2) is 48.5 Å². The molecule has 1 heterocycles. The molecule has 4 heteroatoms. The third kappa shape index (κ3) is 3.67. The van der Waals surface area contributed by atoms with Gasteiger partial charge in [-0.2, -0.15) is 11.8 Å². The van der Waals surface area contributed by atoms with Crippen LogP contribution in [0.1, 0.15) is 26.7 Å². The summed E-state index contributed by atoms with van der Waals surface area (Å²) in [6.45, 7) is 5.26. The molecule has 3 nitrogen and oxygen atoms in total. The Morgan fingerprint density at radius 2 is 2.31 bits per heavy atom. The fraction of sp³-hybridized carbons (Fsp3) is 0.917. The van der Waals surface area contributed by atoms with E-state index in [9.17, 15) is 4.79 Å². The van der Waals surface area contributed by atoms with Crippen molar-refractivity contribution in [1.82, 2.24) is 10.2 Å². The Hall–Kier alpha value is -0.220. The molecule has 94 valence electrons. The van der Waals surface area contributed by atoms with Crippen LogP contribution in [0.4, 0.5) is 0 Å². The topological polar surface area (TPSA) is 32.3 Å². The Kier molecular flexibility index (Phi) is 5.62. The zero-order valence-electron chi connectivity index (χ0n) is 10.8. The highest BCUT2D eigenvalue weighted by Gasteiger charge is 2.28. The van der Waals surface area contributed by atoms with Crippen molar-refractivity contribution in [3.63, 3.8) is 0 Å². The van der Waals surface area contributed by atoms with Gasteiger partial charge >= 0.3 is 0 Å². The second-order valence-electron chi connectivity index (χ2n) is 4.83. The molecule has 1 amide bonds. The maximum atomic E-state index is 12.2. The number of nitrogens with zero attached hydrogens (tertiary/aromatic N) is 1. The van der Waals surface area contributed by atoms with Crippen LogP contribution in [0.3, 0.4) is 0 Å². The first-order valence-corrected chi connectivity index (χ1v) is 7.44. The van der Waals surface area contributed by atoms with Gasteiger partial charge in [0.2, 0.25) is 5.91 Å². The quantitative estimate of drug-likeness (QED) is 0.815. The van der Waals surface area contributed by atoms with Gasteiger partial charge in [-0.1, -0.05) is 0 Å². The lowest BCUT2D eigenvalue weighted by Crippen LogP contribution is -2.46. The fourth-order valence-electron chi connectivity index (χ4n) is 2.21. The predicted octanol–water partition coefficient (Wildman–Crippen LogP) is 1.58. The highest BCUT2D eigenvalue weighted by atomic mass is 32.2. The average Bonchev–Trinajstić information content (AvgIpc) is 2.27. The van der Waals surface area contributed by atoms with Gasteiger partial charge in [0.15, 0.2) is 0 Å². The molecule has 0 radical (unpaired) electrons. The van der Waals surface area contributed by atoms with Crippen LogP contribution in [0, 0.1) is 5.92 Å². The van der Waals surface area contributed by atoms with Crippen molar-refractivity contribution in [2.24, 2.45) is 5.92 Å². The number of carbonyl (C=O) groups excluding carboxylic acids is 1. The zero-order valence-corrected chi connectivity index (χ0v) is 11.6. The van der Waals surface area contributed by atoms with E-state index < -0.39 is 0 Å². The first-order chi connectivity index (χ1) is 7.56. The van der Waals surface area contributed by atoms with Crippen molar-refractivity contribution in [1.29, 1.82) is 0 Å². The van der Waals surface area contributed by atoms with E-state index in [1.807, 2.05) is 11.9 Å². The fourth-order valence-corrected chi connectivity index (χ4v) is 2.92. The van der Waals surface area contributed by atoms with E-state index in [0.29, 0.717) is 18.0 Å². The van der Waals surface area contributed by atoms with Crippen molar-refractivity contribution >= 4 is 17.7 Å². The molecule has 0 saturated carbocycles. The van der Waals surface area contributed by atoms with Gasteiger partial charge in [0.05, 0.1) is 0 Å². The van der Waals surface area contributed by atoms with Crippen molar-refractivity contribution in [2.45, 2.75) is 38.8 Å². The zero-order chi connectivity index (χ0) is 12.1. The molecule has 1 saturated heterocycles. The standard InChI is InChI=1S/C12H24N2OS/c1-9-7-11(5-6-13-9)12(15)14(3)10(2)8-16-4/h9-11,13H,5-8H2,1-4H3. The van der Waals surface area contributed by atoms with Crippen LogP contribution in [0.15, 0.2) is 0 Å². The number of carbonyl (C=O) groups is 1. The molecule has 0 aromatic carbocycles. The van der Waals surface area contributed by atoms with E-state index in [1.54, 1.807) is 11.8 Å². The second kappa shape index (κ2) is 6.50. The molecule has 1 fully saturated rings. The molecule has 3 atom stereocenters. The van der Waals surface area contributed by atoms with E-state index in [1.165, 1.54) is 0 Å². The van der Waals surface area contributed by atoms with E-state index in [4.69, 9.17) is 0 Å². The Labute approximate surface area is 103 Å². The highest BCUT2D eigenvalue weighted by Crippen LogP contribution is 2.19. The summed E-state index contributed by atoms with van der Waals surface area (Å²) in [5.74, 6) is 1.57. The number of piperidine rings is 1. The minimum absolute atomic E-state index is 0.227. The van der Waals surface area contributed by atoms with Gasteiger partial charge in [-0.15, -0.1) is 0 Å². The van der Waals surface area contributed by atoms with Gasteiger partial charge < -0.3 is 10.2 Å². The number of thioether (sulfide) groups is 1. The Bertz CT molecular complexity index is 235. The maximum Gasteiger partial charge on any atom is 0.225 e. The molecule has 0 spiro atoms. The molecule has 0 aromatic rings. The second-order valence-corrected chi connectivity index (χ2v) is 5.74. The summed E-state index contributed by atoms with van der Waals surface area (Å²) in [7, 11) is 1.94. The summed E-state index contributed by atoms with van der Waals surface area (Å²) in [6.07, 6.45) is 4.05. The molecule has 1 aliphatic rings. The largest absolute Gasteiger partial charge is 0.342 e. The summed E-state index contributed by atoms with van der Waals surface area (Å²) in [5.41, 5.74) is 0. The summed E-state index contributed by atoms with van der Waals surface area (Å²) >= 11 is 1.80. The Morgan fingerprint density at radius 1 is 1.62 bits per heavy atom. The van der Waals surface area contributed by atoms with Gasteiger partial charge in [0, 0.05) is 30.8 Å². The van der Waals surface area contributed by atoms with Gasteiger partial charge in [0.1, 0.15) is 0 Å². The van der Waals surface area contributed by atoms with Crippen molar-refractivity contribution in [3.05, 3.63) is 0 Å². The maximum absolute atomic E-state index is 12.2. The van der Waals surface area contributed by atoms with E-state index in [0.717, 1.165) is 25.1 Å². The average molecular weight is 244 g/mol. The van der Waals surface area contributed by atoms with Crippen LogP contribution >= 0.6 is 11.8 Å². The molecule has 0 aromatic heterocycles. The first-order valence-electron chi connectivity index (χ1n) is 6.05. The molecule has 3 unspecified atom stereocenters. The van der Waals surface area contributed by atoms with Crippen LogP contribution in [0.5, 0.6) is 0 Å². The molecule has 0 aliphatic carbocycles.